The van der Waals surface area contributed by atoms with E-state index in [4.69, 9.17) is 0 Å². The lowest BCUT2D eigenvalue weighted by molar-refractivity contribution is 0.0410. The topological polar surface area (TPSA) is 23.5 Å². The van der Waals surface area contributed by atoms with Gasteiger partial charge in [0.25, 0.3) is 0 Å². The molecule has 1 atom stereocenters. The molecule has 2 rings (SSSR count). The molecule has 0 aromatic heterocycles. The fourth-order valence-electron chi connectivity index (χ4n) is 4.15. The minimum atomic E-state index is 0.232. The first kappa shape index (κ1) is 15.3. The quantitative estimate of drug-likeness (QED) is 0.840. The lowest BCUT2D eigenvalue weighted by atomic mass is 9.74. The average molecular weight is 267 g/mol. The van der Waals surface area contributed by atoms with E-state index in [0.29, 0.717) is 6.61 Å². The maximum atomic E-state index is 9.86. The van der Waals surface area contributed by atoms with Gasteiger partial charge in [0.2, 0.25) is 0 Å². The smallest absolute Gasteiger partial charge is 0.0499 e. The highest BCUT2D eigenvalue weighted by Crippen LogP contribution is 2.37. The summed E-state index contributed by atoms with van der Waals surface area (Å²) in [5.74, 6) is 1.75. The summed E-state index contributed by atoms with van der Waals surface area (Å²) in [5, 5.41) is 9.86. The zero-order valence-corrected chi connectivity index (χ0v) is 13.0. The Hall–Kier alpha value is -0.0800. The van der Waals surface area contributed by atoms with Crippen LogP contribution in [0.5, 0.6) is 0 Å². The van der Waals surface area contributed by atoms with Crippen LogP contribution in [-0.2, 0) is 0 Å². The Labute approximate surface area is 119 Å². The van der Waals surface area contributed by atoms with E-state index in [9.17, 15) is 5.11 Å². The summed E-state index contributed by atoms with van der Waals surface area (Å²) in [7, 11) is 0. The van der Waals surface area contributed by atoms with Gasteiger partial charge in [-0.15, -0.1) is 0 Å². The summed E-state index contributed by atoms with van der Waals surface area (Å²) in [6.07, 6.45) is 10.6. The summed E-state index contributed by atoms with van der Waals surface area (Å²) >= 11 is 0. The molecule has 112 valence electrons. The zero-order valence-electron chi connectivity index (χ0n) is 13.0. The van der Waals surface area contributed by atoms with Crippen molar-refractivity contribution in [3.05, 3.63) is 0 Å². The molecule has 0 amide bonds. The molecule has 1 unspecified atom stereocenters. The molecular weight excluding hydrogens is 234 g/mol. The van der Waals surface area contributed by atoms with Crippen molar-refractivity contribution >= 4 is 0 Å². The van der Waals surface area contributed by atoms with Crippen LogP contribution >= 0.6 is 0 Å². The van der Waals surface area contributed by atoms with E-state index in [2.05, 4.69) is 18.7 Å². The number of hydrogen-bond acceptors (Lipinski definition) is 2. The van der Waals surface area contributed by atoms with Crippen molar-refractivity contribution in [2.24, 2.45) is 17.3 Å². The number of likely N-dealkylation sites (tertiary alicyclic amines) is 1. The van der Waals surface area contributed by atoms with Gasteiger partial charge < -0.3 is 10.0 Å². The standard InChI is InChI=1S/C17H33NO/c1-15(2)16-7-6-11-18(12-8-16)13-17(14-19)9-4-3-5-10-17/h15-16,19H,3-14H2,1-2H3. The SMILES string of the molecule is CC(C)C1CCCN(CC2(CO)CCCCC2)CC1. The van der Waals surface area contributed by atoms with Crippen molar-refractivity contribution in [1.29, 1.82) is 0 Å². The molecule has 1 saturated heterocycles. The third kappa shape index (κ3) is 4.19. The molecule has 0 spiro atoms. The summed E-state index contributed by atoms with van der Waals surface area (Å²) < 4.78 is 0. The highest BCUT2D eigenvalue weighted by atomic mass is 16.3. The Morgan fingerprint density at radius 1 is 1.05 bits per heavy atom. The number of aliphatic hydroxyl groups excluding tert-OH is 1. The van der Waals surface area contributed by atoms with E-state index in [0.717, 1.165) is 18.4 Å². The summed E-state index contributed by atoms with van der Waals surface area (Å²) in [4.78, 5) is 2.66. The van der Waals surface area contributed by atoms with Crippen molar-refractivity contribution in [2.45, 2.75) is 65.2 Å². The van der Waals surface area contributed by atoms with Gasteiger partial charge in [-0.3, -0.25) is 0 Å². The highest BCUT2D eigenvalue weighted by Gasteiger charge is 2.33. The molecule has 19 heavy (non-hydrogen) atoms. The lowest BCUT2D eigenvalue weighted by Gasteiger charge is -2.39. The molecule has 1 N–H and O–H groups in total. The van der Waals surface area contributed by atoms with Crippen LogP contribution in [0, 0.1) is 17.3 Å². The van der Waals surface area contributed by atoms with Gasteiger partial charge in [0, 0.05) is 18.6 Å². The minimum absolute atomic E-state index is 0.232. The van der Waals surface area contributed by atoms with Gasteiger partial charge in [-0.2, -0.15) is 0 Å². The first-order chi connectivity index (χ1) is 9.15. The molecule has 1 aliphatic heterocycles. The maximum Gasteiger partial charge on any atom is 0.0499 e. The van der Waals surface area contributed by atoms with Crippen LogP contribution in [0.1, 0.15) is 65.2 Å². The number of rotatable bonds is 4. The van der Waals surface area contributed by atoms with E-state index in [1.165, 1.54) is 64.5 Å². The van der Waals surface area contributed by atoms with Crippen LogP contribution in [0.2, 0.25) is 0 Å². The van der Waals surface area contributed by atoms with Gasteiger partial charge in [0.05, 0.1) is 0 Å². The summed E-state index contributed by atoms with van der Waals surface area (Å²) in [5.41, 5.74) is 0.232. The van der Waals surface area contributed by atoms with Gasteiger partial charge in [-0.05, 0) is 57.0 Å². The van der Waals surface area contributed by atoms with Gasteiger partial charge in [0.1, 0.15) is 0 Å². The van der Waals surface area contributed by atoms with Crippen LogP contribution in [0.15, 0.2) is 0 Å². The van der Waals surface area contributed by atoms with Crippen LogP contribution in [0.3, 0.4) is 0 Å². The highest BCUT2D eigenvalue weighted by molar-refractivity contribution is 4.86. The third-order valence-corrected chi connectivity index (χ3v) is 5.62. The van der Waals surface area contributed by atoms with E-state index in [1.54, 1.807) is 0 Å². The molecule has 2 heteroatoms. The van der Waals surface area contributed by atoms with Crippen molar-refractivity contribution in [3.8, 4) is 0 Å². The number of aliphatic hydroxyl groups is 1. The monoisotopic (exact) mass is 267 g/mol. The first-order valence-corrected chi connectivity index (χ1v) is 8.48. The van der Waals surface area contributed by atoms with E-state index < -0.39 is 0 Å². The first-order valence-electron chi connectivity index (χ1n) is 8.48. The fraction of sp³-hybridized carbons (Fsp3) is 1.00. The second-order valence-electron chi connectivity index (χ2n) is 7.43. The van der Waals surface area contributed by atoms with Gasteiger partial charge in [0.15, 0.2) is 0 Å². The molecule has 0 aromatic rings. The average Bonchev–Trinajstić information content (AvgIpc) is 2.65. The van der Waals surface area contributed by atoms with Gasteiger partial charge in [-0.25, -0.2) is 0 Å². The van der Waals surface area contributed by atoms with Crippen LogP contribution in [-0.4, -0.2) is 36.2 Å². The Kier molecular flexibility index (Phi) is 5.70. The molecular formula is C17H33NO. The molecule has 1 heterocycles. The molecule has 1 aliphatic carbocycles. The van der Waals surface area contributed by atoms with Gasteiger partial charge >= 0.3 is 0 Å². The molecule has 0 radical (unpaired) electrons. The number of hydrogen-bond donors (Lipinski definition) is 1. The number of nitrogens with zero attached hydrogens (tertiary/aromatic N) is 1. The third-order valence-electron chi connectivity index (χ3n) is 5.62. The van der Waals surface area contributed by atoms with Crippen LogP contribution in [0.25, 0.3) is 0 Å². The van der Waals surface area contributed by atoms with E-state index in [1.807, 2.05) is 0 Å². The Morgan fingerprint density at radius 2 is 1.79 bits per heavy atom. The predicted octanol–water partition coefficient (Wildman–Crippen LogP) is 3.69. The van der Waals surface area contributed by atoms with E-state index >= 15 is 0 Å². The fourth-order valence-corrected chi connectivity index (χ4v) is 4.15. The van der Waals surface area contributed by atoms with Crippen molar-refractivity contribution in [3.63, 3.8) is 0 Å². The largest absolute Gasteiger partial charge is 0.396 e. The predicted molar refractivity (Wildman–Crippen MR) is 81.2 cm³/mol. The lowest BCUT2D eigenvalue weighted by Crippen LogP contribution is -2.42. The molecule has 0 bridgehead atoms. The van der Waals surface area contributed by atoms with Crippen LogP contribution in [0.4, 0.5) is 0 Å². The normalized spacial score (nSPS) is 29.4. The summed E-state index contributed by atoms with van der Waals surface area (Å²) in [6, 6.07) is 0. The van der Waals surface area contributed by atoms with Crippen molar-refractivity contribution < 1.29 is 5.11 Å². The molecule has 0 aromatic carbocycles. The zero-order chi connectivity index (χ0) is 13.7. The Balaban J connectivity index is 1.87. The molecule has 2 aliphatic rings. The second kappa shape index (κ2) is 7.08. The Bertz CT molecular complexity index is 258. The second-order valence-corrected chi connectivity index (χ2v) is 7.43. The molecule has 1 saturated carbocycles. The van der Waals surface area contributed by atoms with Crippen molar-refractivity contribution in [1.82, 2.24) is 4.90 Å². The summed E-state index contributed by atoms with van der Waals surface area (Å²) in [6.45, 7) is 8.80. The molecule has 2 nitrogen and oxygen atoms in total. The minimum Gasteiger partial charge on any atom is -0.396 e. The Morgan fingerprint density at radius 3 is 2.42 bits per heavy atom. The van der Waals surface area contributed by atoms with Crippen LogP contribution < -0.4 is 0 Å². The van der Waals surface area contributed by atoms with E-state index in [-0.39, 0.29) is 5.41 Å². The van der Waals surface area contributed by atoms with Gasteiger partial charge in [-0.1, -0.05) is 33.1 Å². The molecule has 2 fully saturated rings. The maximum absolute atomic E-state index is 9.86. The van der Waals surface area contributed by atoms with Crippen molar-refractivity contribution in [2.75, 3.05) is 26.2 Å².